The van der Waals surface area contributed by atoms with Crippen LogP contribution in [0.1, 0.15) is 27.3 Å². The second-order valence-electron chi connectivity index (χ2n) is 5.28. The molecule has 2 heterocycles. The maximum absolute atomic E-state index is 12.3. The smallest absolute Gasteiger partial charge is 0.263 e. The highest BCUT2D eigenvalue weighted by Crippen LogP contribution is 2.18. The summed E-state index contributed by atoms with van der Waals surface area (Å²) in [5, 5.41) is 3.98. The van der Waals surface area contributed by atoms with Crippen LogP contribution in [0.15, 0.2) is 0 Å². The van der Waals surface area contributed by atoms with Gasteiger partial charge in [-0.15, -0.1) is 11.3 Å². The number of aromatic nitrogens is 1. The monoisotopic (exact) mass is 297 g/mol. The fourth-order valence-electron chi connectivity index (χ4n) is 2.38. The van der Waals surface area contributed by atoms with Gasteiger partial charge in [-0.2, -0.15) is 0 Å². The molecule has 6 heteroatoms. The molecule has 0 unspecified atom stereocenters. The molecule has 20 heavy (non-hydrogen) atoms. The van der Waals surface area contributed by atoms with Gasteiger partial charge >= 0.3 is 0 Å². The van der Waals surface area contributed by atoms with Gasteiger partial charge in [-0.25, -0.2) is 4.98 Å². The van der Waals surface area contributed by atoms with Gasteiger partial charge in [-0.1, -0.05) is 6.92 Å². The zero-order chi connectivity index (χ0) is 14.5. The quantitative estimate of drug-likeness (QED) is 0.911. The summed E-state index contributed by atoms with van der Waals surface area (Å²) in [6, 6.07) is 0. The first kappa shape index (κ1) is 15.4. The fourth-order valence-corrected chi connectivity index (χ4v) is 3.31. The first-order chi connectivity index (χ1) is 9.60. The molecule has 0 aliphatic carbocycles. The van der Waals surface area contributed by atoms with Gasteiger partial charge in [0, 0.05) is 25.6 Å². The van der Waals surface area contributed by atoms with Crippen molar-refractivity contribution in [3.63, 3.8) is 0 Å². The number of carbonyl (C=O) groups excluding carboxylic acids is 1. The van der Waals surface area contributed by atoms with E-state index in [2.05, 4.69) is 22.2 Å². The lowest BCUT2D eigenvalue weighted by atomic mass is 10.1. The number of amides is 1. The Morgan fingerprint density at radius 1 is 1.60 bits per heavy atom. The number of hydrogen-bond acceptors (Lipinski definition) is 5. The van der Waals surface area contributed by atoms with Gasteiger partial charge in [-0.05, 0) is 20.4 Å². The van der Waals surface area contributed by atoms with E-state index in [0.29, 0.717) is 19.1 Å². The van der Waals surface area contributed by atoms with E-state index in [1.54, 1.807) is 0 Å². The molecule has 0 aromatic carbocycles. The Kier molecular flexibility index (Phi) is 5.51. The molecule has 1 aliphatic rings. The Bertz CT molecular complexity index is 461. The molecule has 5 nitrogen and oxygen atoms in total. The molecule has 2 rings (SSSR count). The number of ether oxygens (including phenoxy) is 1. The number of likely N-dealkylation sites (N-methyl/N-ethyl adjacent to an activating group) is 1. The standard InChI is InChI=1S/C14H23N3O2S/c1-4-12-13(20-10(2)16-12)14(18)15-7-11-8-17(3)5-6-19-9-11/h11H,4-9H2,1-3H3,(H,15,18)/t11-/m1/s1. The van der Waals surface area contributed by atoms with Crippen molar-refractivity contribution in [1.82, 2.24) is 15.2 Å². The number of nitrogens with zero attached hydrogens (tertiary/aromatic N) is 2. The van der Waals surface area contributed by atoms with E-state index < -0.39 is 0 Å². The lowest BCUT2D eigenvalue weighted by molar-refractivity contribution is 0.0924. The van der Waals surface area contributed by atoms with Gasteiger partial charge in [0.25, 0.3) is 5.91 Å². The maximum atomic E-state index is 12.3. The van der Waals surface area contributed by atoms with Gasteiger partial charge in [-0.3, -0.25) is 4.79 Å². The Morgan fingerprint density at radius 2 is 2.40 bits per heavy atom. The second kappa shape index (κ2) is 7.15. The van der Waals surface area contributed by atoms with E-state index in [-0.39, 0.29) is 5.91 Å². The lowest BCUT2D eigenvalue weighted by Gasteiger charge is -2.19. The molecule has 1 saturated heterocycles. The topological polar surface area (TPSA) is 54.5 Å². The highest BCUT2D eigenvalue weighted by molar-refractivity contribution is 7.13. The molecular formula is C14H23N3O2S. The molecule has 1 aromatic heterocycles. The van der Waals surface area contributed by atoms with Crippen molar-refractivity contribution in [2.75, 3.05) is 39.9 Å². The third-order valence-electron chi connectivity index (χ3n) is 3.44. The molecule has 0 spiro atoms. The molecule has 0 saturated carbocycles. The number of carbonyl (C=O) groups is 1. The highest BCUT2D eigenvalue weighted by atomic mass is 32.1. The predicted molar refractivity (Wildman–Crippen MR) is 80.4 cm³/mol. The number of rotatable bonds is 4. The molecule has 0 radical (unpaired) electrons. The van der Waals surface area contributed by atoms with Crippen molar-refractivity contribution < 1.29 is 9.53 Å². The SMILES string of the molecule is CCc1nc(C)sc1C(=O)NC[C@H]1COCCN(C)C1. The first-order valence-electron chi connectivity index (χ1n) is 7.11. The summed E-state index contributed by atoms with van der Waals surface area (Å²) >= 11 is 1.47. The van der Waals surface area contributed by atoms with E-state index in [0.717, 1.165) is 41.7 Å². The predicted octanol–water partition coefficient (Wildman–Crippen LogP) is 1.32. The van der Waals surface area contributed by atoms with E-state index in [9.17, 15) is 4.79 Å². The number of aryl methyl sites for hydroxylation is 2. The van der Waals surface area contributed by atoms with Gasteiger partial charge < -0.3 is 15.0 Å². The van der Waals surface area contributed by atoms with Crippen molar-refractivity contribution in [2.24, 2.45) is 5.92 Å². The van der Waals surface area contributed by atoms with Gasteiger partial charge in [0.15, 0.2) is 0 Å². The van der Waals surface area contributed by atoms with Crippen LogP contribution in [0.5, 0.6) is 0 Å². The molecule has 1 aromatic rings. The van der Waals surface area contributed by atoms with E-state index in [4.69, 9.17) is 4.74 Å². The summed E-state index contributed by atoms with van der Waals surface area (Å²) in [7, 11) is 2.09. The summed E-state index contributed by atoms with van der Waals surface area (Å²) in [6.45, 7) is 8.03. The third-order valence-corrected chi connectivity index (χ3v) is 4.45. The Labute approximate surface area is 124 Å². The van der Waals surface area contributed by atoms with Crippen molar-refractivity contribution in [2.45, 2.75) is 20.3 Å². The zero-order valence-corrected chi connectivity index (χ0v) is 13.3. The minimum absolute atomic E-state index is 0.000602. The molecule has 1 atom stereocenters. The van der Waals surface area contributed by atoms with Crippen molar-refractivity contribution in [3.8, 4) is 0 Å². The lowest BCUT2D eigenvalue weighted by Crippen LogP contribution is -2.35. The van der Waals surface area contributed by atoms with Crippen LogP contribution in [0.4, 0.5) is 0 Å². The van der Waals surface area contributed by atoms with Gasteiger partial charge in [0.05, 0.1) is 23.9 Å². The van der Waals surface area contributed by atoms with Gasteiger partial charge in [0.1, 0.15) is 4.88 Å². The number of thiazole rings is 1. The molecule has 0 bridgehead atoms. The number of hydrogen-bond donors (Lipinski definition) is 1. The van der Waals surface area contributed by atoms with Crippen LogP contribution in [0, 0.1) is 12.8 Å². The van der Waals surface area contributed by atoms with Crippen molar-refractivity contribution in [1.29, 1.82) is 0 Å². The molecule has 1 N–H and O–H groups in total. The normalized spacial score (nSPS) is 20.6. The van der Waals surface area contributed by atoms with Crippen LogP contribution in [0.3, 0.4) is 0 Å². The fraction of sp³-hybridized carbons (Fsp3) is 0.714. The maximum Gasteiger partial charge on any atom is 0.263 e. The van der Waals surface area contributed by atoms with E-state index in [1.807, 2.05) is 13.8 Å². The second-order valence-corrected chi connectivity index (χ2v) is 6.48. The Morgan fingerprint density at radius 3 is 3.15 bits per heavy atom. The molecular weight excluding hydrogens is 274 g/mol. The van der Waals surface area contributed by atoms with E-state index in [1.165, 1.54) is 11.3 Å². The van der Waals surface area contributed by atoms with Crippen LogP contribution in [0.25, 0.3) is 0 Å². The van der Waals surface area contributed by atoms with Crippen LogP contribution in [-0.2, 0) is 11.2 Å². The van der Waals surface area contributed by atoms with Crippen LogP contribution < -0.4 is 5.32 Å². The average molecular weight is 297 g/mol. The summed E-state index contributed by atoms with van der Waals surface area (Å²) < 4.78 is 5.56. The van der Waals surface area contributed by atoms with Crippen molar-refractivity contribution >= 4 is 17.2 Å². The molecule has 1 amide bonds. The molecule has 112 valence electrons. The Balaban J connectivity index is 1.91. The Hall–Kier alpha value is -0.980. The average Bonchev–Trinajstić information content (AvgIpc) is 2.68. The van der Waals surface area contributed by atoms with Gasteiger partial charge in [0.2, 0.25) is 0 Å². The number of nitrogens with one attached hydrogen (secondary N) is 1. The van der Waals surface area contributed by atoms with Crippen molar-refractivity contribution in [3.05, 3.63) is 15.6 Å². The summed E-state index contributed by atoms with van der Waals surface area (Å²) in [5.74, 6) is 0.352. The van der Waals surface area contributed by atoms with Crippen LogP contribution in [0.2, 0.25) is 0 Å². The minimum atomic E-state index is -0.000602. The first-order valence-corrected chi connectivity index (χ1v) is 7.92. The molecule has 1 aliphatic heterocycles. The van der Waals surface area contributed by atoms with Crippen LogP contribution >= 0.6 is 11.3 Å². The molecule has 1 fully saturated rings. The summed E-state index contributed by atoms with van der Waals surface area (Å²) in [4.78, 5) is 19.7. The third kappa shape index (κ3) is 4.01. The highest BCUT2D eigenvalue weighted by Gasteiger charge is 2.19. The summed E-state index contributed by atoms with van der Waals surface area (Å²) in [6.07, 6.45) is 0.794. The zero-order valence-electron chi connectivity index (χ0n) is 12.4. The van der Waals surface area contributed by atoms with E-state index >= 15 is 0 Å². The summed E-state index contributed by atoms with van der Waals surface area (Å²) in [5.41, 5.74) is 0.902. The minimum Gasteiger partial charge on any atom is -0.380 e. The largest absolute Gasteiger partial charge is 0.380 e. The van der Waals surface area contributed by atoms with Crippen LogP contribution in [-0.4, -0.2) is 55.7 Å².